The molecule has 118 valence electrons. The maximum Gasteiger partial charge on any atom is 0.409 e. The molecule has 1 aliphatic heterocycles. The van der Waals surface area contributed by atoms with Gasteiger partial charge in [-0.3, -0.25) is 0 Å². The van der Waals surface area contributed by atoms with Crippen molar-refractivity contribution in [3.8, 4) is 0 Å². The van der Waals surface area contributed by atoms with Gasteiger partial charge in [-0.05, 0) is 33.9 Å². The van der Waals surface area contributed by atoms with Crippen LogP contribution < -0.4 is 5.32 Å². The first-order valence-corrected chi connectivity index (χ1v) is 7.51. The summed E-state index contributed by atoms with van der Waals surface area (Å²) in [5.74, 6) is 0. The van der Waals surface area contributed by atoms with Crippen LogP contribution in [0.15, 0.2) is 0 Å². The molecule has 0 saturated carbocycles. The van der Waals surface area contributed by atoms with Gasteiger partial charge in [-0.1, -0.05) is 0 Å². The topological polar surface area (TPSA) is 54.0 Å². The van der Waals surface area contributed by atoms with Crippen LogP contribution >= 0.6 is 0 Å². The fourth-order valence-electron chi connectivity index (χ4n) is 2.17. The highest BCUT2D eigenvalue weighted by Crippen LogP contribution is 2.11. The second-order valence-corrected chi connectivity index (χ2v) is 5.33. The van der Waals surface area contributed by atoms with Crippen LogP contribution in [-0.2, 0) is 9.47 Å². The summed E-state index contributed by atoms with van der Waals surface area (Å²) >= 11 is 0. The Labute approximate surface area is 122 Å². The van der Waals surface area contributed by atoms with E-state index in [1.165, 1.54) is 0 Å². The lowest BCUT2D eigenvalue weighted by Gasteiger charge is -2.31. The molecule has 0 unspecified atom stereocenters. The predicted octanol–water partition coefficient (Wildman–Crippen LogP) is 0.775. The van der Waals surface area contributed by atoms with Crippen molar-refractivity contribution >= 4 is 6.09 Å². The Kier molecular flexibility index (Phi) is 8.57. The van der Waals surface area contributed by atoms with Gasteiger partial charge in [0, 0.05) is 32.2 Å². The van der Waals surface area contributed by atoms with Crippen molar-refractivity contribution < 1.29 is 14.3 Å². The highest BCUT2D eigenvalue weighted by Gasteiger charge is 2.22. The zero-order valence-electron chi connectivity index (χ0n) is 13.1. The monoisotopic (exact) mass is 287 g/mol. The largest absolute Gasteiger partial charge is 0.450 e. The highest BCUT2D eigenvalue weighted by molar-refractivity contribution is 5.67. The predicted molar refractivity (Wildman–Crippen MR) is 79.0 cm³/mol. The van der Waals surface area contributed by atoms with E-state index in [0.717, 1.165) is 52.2 Å². The Morgan fingerprint density at radius 3 is 2.60 bits per heavy atom. The lowest BCUT2D eigenvalue weighted by molar-refractivity contribution is 0.0915. The number of hydrogen-bond donors (Lipinski definition) is 1. The van der Waals surface area contributed by atoms with Crippen molar-refractivity contribution in [3.63, 3.8) is 0 Å². The Morgan fingerprint density at radius 1 is 1.30 bits per heavy atom. The van der Waals surface area contributed by atoms with Gasteiger partial charge in [0.05, 0.1) is 19.8 Å². The number of carbonyl (C=O) groups excluding carboxylic acids is 1. The standard InChI is InChI=1S/C14H29N3O3/c1-4-20-14(18)17-8-5-13(6-9-17)15-7-11-19-12-10-16(2)3/h13,15H,4-12H2,1-3H3. The van der Waals surface area contributed by atoms with Gasteiger partial charge in [0.25, 0.3) is 0 Å². The van der Waals surface area contributed by atoms with Crippen molar-refractivity contribution in [1.29, 1.82) is 0 Å². The number of likely N-dealkylation sites (N-methyl/N-ethyl adjacent to an activating group) is 1. The van der Waals surface area contributed by atoms with Gasteiger partial charge in [-0.15, -0.1) is 0 Å². The number of piperidine rings is 1. The van der Waals surface area contributed by atoms with Crippen LogP contribution in [0.3, 0.4) is 0 Å². The van der Waals surface area contributed by atoms with E-state index < -0.39 is 0 Å². The van der Waals surface area contributed by atoms with Crippen LogP contribution in [0.25, 0.3) is 0 Å². The SMILES string of the molecule is CCOC(=O)N1CCC(NCCOCCN(C)C)CC1. The summed E-state index contributed by atoms with van der Waals surface area (Å²) in [6, 6.07) is 0.484. The Bertz CT molecular complexity index is 266. The number of nitrogens with one attached hydrogen (secondary N) is 1. The van der Waals surface area contributed by atoms with Crippen molar-refractivity contribution in [1.82, 2.24) is 15.1 Å². The van der Waals surface area contributed by atoms with Gasteiger partial charge in [0.15, 0.2) is 0 Å². The Morgan fingerprint density at radius 2 is 2.00 bits per heavy atom. The molecule has 0 bridgehead atoms. The zero-order chi connectivity index (χ0) is 14.8. The average molecular weight is 287 g/mol. The van der Waals surface area contributed by atoms with E-state index in [9.17, 15) is 4.79 Å². The number of carbonyl (C=O) groups is 1. The van der Waals surface area contributed by atoms with Crippen molar-refractivity contribution in [3.05, 3.63) is 0 Å². The molecule has 1 aliphatic rings. The van der Waals surface area contributed by atoms with Gasteiger partial charge < -0.3 is 24.6 Å². The van der Waals surface area contributed by atoms with E-state index >= 15 is 0 Å². The number of likely N-dealkylation sites (tertiary alicyclic amines) is 1. The van der Waals surface area contributed by atoms with Crippen molar-refractivity contribution in [2.45, 2.75) is 25.8 Å². The fourth-order valence-corrected chi connectivity index (χ4v) is 2.17. The second kappa shape index (κ2) is 9.96. The van der Waals surface area contributed by atoms with Crippen LogP contribution in [0.5, 0.6) is 0 Å². The van der Waals surface area contributed by atoms with Crippen LogP contribution in [-0.4, -0.2) is 82.0 Å². The third-order valence-corrected chi connectivity index (χ3v) is 3.38. The van der Waals surface area contributed by atoms with Crippen LogP contribution in [0.2, 0.25) is 0 Å². The molecule has 1 fully saturated rings. The fraction of sp³-hybridized carbons (Fsp3) is 0.929. The second-order valence-electron chi connectivity index (χ2n) is 5.33. The van der Waals surface area contributed by atoms with Gasteiger partial charge in [0.1, 0.15) is 0 Å². The van der Waals surface area contributed by atoms with Gasteiger partial charge >= 0.3 is 6.09 Å². The average Bonchev–Trinajstić information content (AvgIpc) is 2.43. The Hall–Kier alpha value is -0.850. The first-order valence-electron chi connectivity index (χ1n) is 7.51. The lowest BCUT2D eigenvalue weighted by Crippen LogP contribution is -2.45. The molecule has 0 spiro atoms. The smallest absolute Gasteiger partial charge is 0.409 e. The number of amides is 1. The molecule has 0 aromatic carbocycles. The summed E-state index contributed by atoms with van der Waals surface area (Å²) in [5, 5.41) is 3.48. The zero-order valence-corrected chi connectivity index (χ0v) is 13.1. The molecule has 0 aromatic heterocycles. The molecule has 1 saturated heterocycles. The summed E-state index contributed by atoms with van der Waals surface area (Å²) in [6.07, 6.45) is 1.78. The van der Waals surface area contributed by atoms with Gasteiger partial charge in [0.2, 0.25) is 0 Å². The number of nitrogens with zero attached hydrogens (tertiary/aromatic N) is 2. The van der Waals surface area contributed by atoms with E-state index in [1.54, 1.807) is 4.90 Å². The third-order valence-electron chi connectivity index (χ3n) is 3.38. The molecule has 1 heterocycles. The maximum atomic E-state index is 11.6. The summed E-state index contributed by atoms with van der Waals surface area (Å²) in [7, 11) is 4.08. The van der Waals surface area contributed by atoms with E-state index in [0.29, 0.717) is 12.6 Å². The minimum absolute atomic E-state index is 0.182. The molecule has 1 amide bonds. The molecular formula is C14H29N3O3. The lowest BCUT2D eigenvalue weighted by atomic mass is 10.1. The van der Waals surface area contributed by atoms with Crippen molar-refractivity contribution in [2.75, 3.05) is 60.1 Å². The molecular weight excluding hydrogens is 258 g/mol. The van der Waals surface area contributed by atoms with E-state index in [2.05, 4.69) is 10.2 Å². The molecule has 6 nitrogen and oxygen atoms in total. The molecule has 6 heteroatoms. The van der Waals surface area contributed by atoms with Crippen LogP contribution in [0.1, 0.15) is 19.8 Å². The molecule has 20 heavy (non-hydrogen) atoms. The first-order chi connectivity index (χ1) is 9.63. The van der Waals surface area contributed by atoms with E-state index in [-0.39, 0.29) is 6.09 Å². The van der Waals surface area contributed by atoms with E-state index in [1.807, 2.05) is 21.0 Å². The van der Waals surface area contributed by atoms with Crippen molar-refractivity contribution in [2.24, 2.45) is 0 Å². The molecule has 1 rings (SSSR count). The molecule has 0 aliphatic carbocycles. The maximum absolute atomic E-state index is 11.6. The quantitative estimate of drug-likeness (QED) is 0.669. The first kappa shape index (κ1) is 17.2. The summed E-state index contributed by atoms with van der Waals surface area (Å²) in [6.45, 7) is 7.18. The highest BCUT2D eigenvalue weighted by atomic mass is 16.6. The number of hydrogen-bond acceptors (Lipinski definition) is 5. The van der Waals surface area contributed by atoms with Crippen LogP contribution in [0.4, 0.5) is 4.79 Å². The van der Waals surface area contributed by atoms with Gasteiger partial charge in [-0.2, -0.15) is 0 Å². The molecule has 0 aromatic rings. The van der Waals surface area contributed by atoms with E-state index in [4.69, 9.17) is 9.47 Å². The summed E-state index contributed by atoms with van der Waals surface area (Å²) in [4.78, 5) is 15.4. The summed E-state index contributed by atoms with van der Waals surface area (Å²) in [5.41, 5.74) is 0. The minimum atomic E-state index is -0.182. The summed E-state index contributed by atoms with van der Waals surface area (Å²) < 4.78 is 10.5. The minimum Gasteiger partial charge on any atom is -0.450 e. The molecule has 1 N–H and O–H groups in total. The van der Waals surface area contributed by atoms with Gasteiger partial charge in [-0.25, -0.2) is 4.79 Å². The number of ether oxygens (including phenoxy) is 2. The number of rotatable bonds is 8. The molecule has 0 atom stereocenters. The van der Waals surface area contributed by atoms with Crippen LogP contribution in [0, 0.1) is 0 Å². The Balaban J connectivity index is 2.01. The third kappa shape index (κ3) is 7.07. The normalized spacial score (nSPS) is 16.7. The molecule has 0 radical (unpaired) electrons.